The van der Waals surface area contributed by atoms with Crippen LogP contribution in [0.1, 0.15) is 52.0 Å². The van der Waals surface area contributed by atoms with Crippen LogP contribution in [0.2, 0.25) is 0 Å². The standard InChI is InChI=1S/C24H36N2O2.2ClH/c1-4-19(14-18-8-6-5-7-9-18)21-15-22(21)25-16-24(2,3)17-26-12-10-20(11-13-26)23(27)28;;/h5-9,14,20-22,25H,4,10-13,15-17H2,1-3H3,(H,27,28);2*1H/b19-14+;;/t21-,22+;;/m0../s1. The highest BCUT2D eigenvalue weighted by molar-refractivity contribution is 5.85. The fourth-order valence-corrected chi connectivity index (χ4v) is 4.47. The zero-order valence-corrected chi connectivity index (χ0v) is 20.1. The van der Waals surface area contributed by atoms with Crippen LogP contribution in [-0.4, -0.2) is 48.2 Å². The molecule has 0 spiro atoms. The minimum absolute atomic E-state index is 0. The SMILES string of the molecule is CC/C(=C\c1ccccc1)[C@@H]1C[C@H]1NCC(C)(C)CN1CCC(C(=O)O)CC1.Cl.Cl. The topological polar surface area (TPSA) is 52.6 Å². The molecule has 1 heterocycles. The van der Waals surface area contributed by atoms with Crippen molar-refractivity contribution in [2.75, 3.05) is 26.2 Å². The van der Waals surface area contributed by atoms with Gasteiger partial charge in [-0.15, -0.1) is 24.8 Å². The fraction of sp³-hybridized carbons (Fsp3) is 0.625. The van der Waals surface area contributed by atoms with Crippen LogP contribution < -0.4 is 5.32 Å². The maximum absolute atomic E-state index is 11.1. The Hall–Kier alpha value is -1.07. The number of benzene rings is 1. The highest BCUT2D eigenvalue weighted by atomic mass is 35.5. The maximum Gasteiger partial charge on any atom is 0.306 e. The van der Waals surface area contributed by atoms with Crippen molar-refractivity contribution in [3.8, 4) is 0 Å². The van der Waals surface area contributed by atoms with E-state index >= 15 is 0 Å². The van der Waals surface area contributed by atoms with E-state index in [4.69, 9.17) is 5.11 Å². The largest absolute Gasteiger partial charge is 0.481 e. The molecular formula is C24H38Cl2N2O2. The molecule has 1 aliphatic carbocycles. The summed E-state index contributed by atoms with van der Waals surface area (Å²) in [5.41, 5.74) is 3.05. The Kier molecular flexibility index (Phi) is 10.9. The number of carbonyl (C=O) groups is 1. The lowest BCUT2D eigenvalue weighted by Gasteiger charge is -2.36. The molecule has 0 unspecified atom stereocenters. The Morgan fingerprint density at radius 2 is 1.83 bits per heavy atom. The van der Waals surface area contributed by atoms with Crippen LogP contribution in [0.25, 0.3) is 6.08 Å². The Labute approximate surface area is 194 Å². The van der Waals surface area contributed by atoms with Gasteiger partial charge in [-0.2, -0.15) is 0 Å². The number of rotatable bonds is 9. The predicted octanol–water partition coefficient (Wildman–Crippen LogP) is 5.12. The van der Waals surface area contributed by atoms with Crippen molar-refractivity contribution in [1.82, 2.24) is 10.2 Å². The highest BCUT2D eigenvalue weighted by Gasteiger charge is 2.39. The third-order valence-corrected chi connectivity index (χ3v) is 6.26. The number of hydrogen-bond donors (Lipinski definition) is 2. The normalized spacial score (nSPS) is 22.7. The van der Waals surface area contributed by atoms with Crippen molar-refractivity contribution in [3.05, 3.63) is 41.5 Å². The van der Waals surface area contributed by atoms with Gasteiger partial charge in [-0.05, 0) is 55.7 Å². The first kappa shape index (κ1) is 27.0. The molecule has 0 bridgehead atoms. The van der Waals surface area contributed by atoms with E-state index in [1.54, 1.807) is 5.57 Å². The van der Waals surface area contributed by atoms with Crippen LogP contribution >= 0.6 is 24.8 Å². The molecular weight excluding hydrogens is 419 g/mol. The van der Waals surface area contributed by atoms with E-state index in [0.29, 0.717) is 12.0 Å². The van der Waals surface area contributed by atoms with E-state index in [0.717, 1.165) is 45.4 Å². The van der Waals surface area contributed by atoms with Crippen LogP contribution in [0.15, 0.2) is 35.9 Å². The molecule has 0 radical (unpaired) electrons. The number of halogens is 2. The molecule has 3 rings (SSSR count). The van der Waals surface area contributed by atoms with E-state index < -0.39 is 5.97 Å². The van der Waals surface area contributed by atoms with Gasteiger partial charge < -0.3 is 15.3 Å². The van der Waals surface area contributed by atoms with E-state index in [1.165, 1.54) is 12.0 Å². The number of likely N-dealkylation sites (tertiary alicyclic amines) is 1. The average molecular weight is 457 g/mol. The molecule has 2 N–H and O–H groups in total. The van der Waals surface area contributed by atoms with Crippen molar-refractivity contribution < 1.29 is 9.90 Å². The van der Waals surface area contributed by atoms with Gasteiger partial charge in [0, 0.05) is 19.1 Å². The Balaban J connectivity index is 0.00000225. The van der Waals surface area contributed by atoms with Gasteiger partial charge in [-0.3, -0.25) is 4.79 Å². The van der Waals surface area contributed by atoms with Crippen LogP contribution in [0.3, 0.4) is 0 Å². The number of aliphatic carboxylic acids is 1. The summed E-state index contributed by atoms with van der Waals surface area (Å²) in [5.74, 6) is -0.100. The molecule has 1 aromatic carbocycles. The summed E-state index contributed by atoms with van der Waals surface area (Å²) in [6, 6.07) is 11.2. The molecule has 1 aliphatic heterocycles. The first-order valence-corrected chi connectivity index (χ1v) is 10.8. The van der Waals surface area contributed by atoms with E-state index in [2.05, 4.69) is 67.4 Å². The zero-order chi connectivity index (χ0) is 20.1. The summed E-state index contributed by atoms with van der Waals surface area (Å²) in [6.07, 6.45) is 6.29. The molecule has 170 valence electrons. The second kappa shape index (κ2) is 12.1. The van der Waals surface area contributed by atoms with Crippen LogP contribution in [0.5, 0.6) is 0 Å². The number of carboxylic acids is 1. The minimum Gasteiger partial charge on any atom is -0.481 e. The van der Waals surface area contributed by atoms with Crippen molar-refractivity contribution in [2.24, 2.45) is 17.3 Å². The van der Waals surface area contributed by atoms with Gasteiger partial charge in [0.1, 0.15) is 0 Å². The third-order valence-electron chi connectivity index (χ3n) is 6.26. The first-order chi connectivity index (χ1) is 13.4. The maximum atomic E-state index is 11.1. The van der Waals surface area contributed by atoms with Crippen molar-refractivity contribution in [2.45, 2.75) is 52.5 Å². The average Bonchev–Trinajstić information content (AvgIpc) is 3.45. The quantitative estimate of drug-likeness (QED) is 0.540. The summed E-state index contributed by atoms with van der Waals surface area (Å²) >= 11 is 0. The minimum atomic E-state index is -0.629. The highest BCUT2D eigenvalue weighted by Crippen LogP contribution is 2.40. The number of nitrogens with zero attached hydrogens (tertiary/aromatic N) is 1. The van der Waals surface area contributed by atoms with E-state index in [1.807, 2.05) is 0 Å². The number of nitrogens with one attached hydrogen (secondary N) is 1. The van der Waals surface area contributed by atoms with E-state index in [9.17, 15) is 4.79 Å². The van der Waals surface area contributed by atoms with Gasteiger partial charge in [0.2, 0.25) is 0 Å². The predicted molar refractivity (Wildman–Crippen MR) is 130 cm³/mol. The number of piperidine rings is 1. The molecule has 30 heavy (non-hydrogen) atoms. The molecule has 0 amide bonds. The summed E-state index contributed by atoms with van der Waals surface area (Å²) < 4.78 is 0. The lowest BCUT2D eigenvalue weighted by atomic mass is 9.90. The molecule has 0 aromatic heterocycles. The molecule has 1 saturated heterocycles. The van der Waals surface area contributed by atoms with Gasteiger partial charge in [0.05, 0.1) is 5.92 Å². The molecule has 2 atom stereocenters. The Morgan fingerprint density at radius 3 is 2.40 bits per heavy atom. The van der Waals surface area contributed by atoms with Crippen LogP contribution in [0, 0.1) is 17.3 Å². The summed E-state index contributed by atoms with van der Waals surface area (Å²) in [5, 5.41) is 13.0. The lowest BCUT2D eigenvalue weighted by Crippen LogP contribution is -2.45. The van der Waals surface area contributed by atoms with Gasteiger partial charge in [-0.25, -0.2) is 0 Å². The van der Waals surface area contributed by atoms with Crippen molar-refractivity contribution in [1.29, 1.82) is 0 Å². The zero-order valence-electron chi connectivity index (χ0n) is 18.5. The smallest absolute Gasteiger partial charge is 0.306 e. The Morgan fingerprint density at radius 1 is 1.20 bits per heavy atom. The summed E-state index contributed by atoms with van der Waals surface area (Å²) in [6.45, 7) is 10.8. The number of hydrogen-bond acceptors (Lipinski definition) is 3. The van der Waals surface area contributed by atoms with Gasteiger partial charge in [0.25, 0.3) is 0 Å². The Bertz CT molecular complexity index is 686. The van der Waals surface area contributed by atoms with Gasteiger partial charge in [0.15, 0.2) is 0 Å². The first-order valence-electron chi connectivity index (χ1n) is 10.8. The third kappa shape index (κ3) is 7.88. The molecule has 2 fully saturated rings. The molecule has 6 heteroatoms. The molecule has 1 aromatic rings. The number of carboxylic acid groups (broad SMARTS) is 1. The van der Waals surface area contributed by atoms with Gasteiger partial charge >= 0.3 is 5.97 Å². The van der Waals surface area contributed by atoms with Crippen molar-refractivity contribution >= 4 is 36.9 Å². The van der Waals surface area contributed by atoms with Crippen LogP contribution in [0.4, 0.5) is 0 Å². The fourth-order valence-electron chi connectivity index (χ4n) is 4.47. The molecule has 1 saturated carbocycles. The van der Waals surface area contributed by atoms with E-state index in [-0.39, 0.29) is 36.1 Å². The monoisotopic (exact) mass is 456 g/mol. The molecule has 2 aliphatic rings. The summed E-state index contributed by atoms with van der Waals surface area (Å²) in [7, 11) is 0. The lowest BCUT2D eigenvalue weighted by molar-refractivity contribution is -0.143. The summed E-state index contributed by atoms with van der Waals surface area (Å²) in [4.78, 5) is 13.6. The van der Waals surface area contributed by atoms with Crippen molar-refractivity contribution in [3.63, 3.8) is 0 Å². The van der Waals surface area contributed by atoms with Gasteiger partial charge in [-0.1, -0.05) is 62.8 Å². The second-order valence-corrected chi connectivity index (χ2v) is 9.37. The second-order valence-electron chi connectivity index (χ2n) is 9.37. The van der Waals surface area contributed by atoms with Crippen LogP contribution in [-0.2, 0) is 4.79 Å². The molecule has 4 nitrogen and oxygen atoms in total.